The van der Waals surface area contributed by atoms with E-state index in [0.29, 0.717) is 0 Å². The average Bonchev–Trinajstić information content (AvgIpc) is 2.69. The number of nitrogens with one attached hydrogen (secondary N) is 1. The summed E-state index contributed by atoms with van der Waals surface area (Å²) in [5, 5.41) is 11.9. The number of nitrogens with zero attached hydrogens (tertiary/aromatic N) is 1. The van der Waals surface area contributed by atoms with E-state index >= 15 is 0 Å². The predicted molar refractivity (Wildman–Crippen MR) is 69.0 cm³/mol. The Morgan fingerprint density at radius 2 is 2.24 bits per heavy atom. The lowest BCUT2D eigenvalue weighted by Gasteiger charge is -2.35. The van der Waals surface area contributed by atoms with Gasteiger partial charge in [0, 0.05) is 25.2 Å². The number of carbonyl (C=O) groups is 1. The van der Waals surface area contributed by atoms with Crippen molar-refractivity contribution in [1.82, 2.24) is 10.2 Å². The third-order valence-electron chi connectivity index (χ3n) is 3.67. The summed E-state index contributed by atoms with van der Waals surface area (Å²) in [5.41, 5.74) is -0.0565. The molecule has 0 aliphatic carbocycles. The van der Waals surface area contributed by atoms with Crippen molar-refractivity contribution in [2.45, 2.75) is 57.9 Å². The minimum atomic E-state index is -0.0565. The summed E-state index contributed by atoms with van der Waals surface area (Å²) >= 11 is 0. The number of aliphatic hydroxyl groups excluding tert-OH is 1. The predicted octanol–water partition coefficient (Wildman–Crippen LogP) is 2.12. The van der Waals surface area contributed by atoms with Crippen molar-refractivity contribution >= 4 is 6.03 Å². The van der Waals surface area contributed by atoms with Gasteiger partial charge in [0.1, 0.15) is 0 Å². The van der Waals surface area contributed by atoms with Crippen molar-refractivity contribution < 1.29 is 9.90 Å². The molecule has 1 aliphatic rings. The highest BCUT2D eigenvalue weighted by molar-refractivity contribution is 5.75. The van der Waals surface area contributed by atoms with E-state index in [9.17, 15) is 4.79 Å². The first-order valence-corrected chi connectivity index (χ1v) is 6.80. The fourth-order valence-corrected chi connectivity index (χ4v) is 2.56. The molecule has 0 spiro atoms. The van der Waals surface area contributed by atoms with E-state index in [0.717, 1.165) is 51.6 Å². The Morgan fingerprint density at radius 3 is 2.88 bits per heavy atom. The SMILES string of the molecule is CCCCNC(=O)N1CCC[C@]1(C)CCCO. The molecule has 100 valence electrons. The molecule has 4 heteroatoms. The van der Waals surface area contributed by atoms with E-state index in [-0.39, 0.29) is 18.2 Å². The summed E-state index contributed by atoms with van der Waals surface area (Å²) in [4.78, 5) is 14.0. The first-order chi connectivity index (χ1) is 8.14. The molecule has 4 nitrogen and oxygen atoms in total. The zero-order chi connectivity index (χ0) is 12.7. The summed E-state index contributed by atoms with van der Waals surface area (Å²) in [7, 11) is 0. The molecule has 0 aromatic heterocycles. The van der Waals surface area contributed by atoms with E-state index in [2.05, 4.69) is 19.2 Å². The molecule has 1 atom stereocenters. The normalized spacial score (nSPS) is 24.1. The molecule has 0 unspecified atom stereocenters. The molecule has 1 heterocycles. The van der Waals surface area contributed by atoms with Gasteiger partial charge in [-0.25, -0.2) is 4.79 Å². The molecule has 0 aromatic carbocycles. The van der Waals surface area contributed by atoms with Crippen molar-refractivity contribution in [2.75, 3.05) is 19.7 Å². The van der Waals surface area contributed by atoms with Crippen LogP contribution < -0.4 is 5.32 Å². The molecule has 2 N–H and O–H groups in total. The molecule has 0 bridgehead atoms. The van der Waals surface area contributed by atoms with Crippen LogP contribution in [0.15, 0.2) is 0 Å². The van der Waals surface area contributed by atoms with Gasteiger partial charge in [-0.2, -0.15) is 0 Å². The lowest BCUT2D eigenvalue weighted by atomic mass is 9.93. The smallest absolute Gasteiger partial charge is 0.317 e. The number of hydrogen-bond acceptors (Lipinski definition) is 2. The van der Waals surface area contributed by atoms with Gasteiger partial charge >= 0.3 is 6.03 Å². The zero-order valence-corrected chi connectivity index (χ0v) is 11.2. The van der Waals surface area contributed by atoms with Crippen molar-refractivity contribution in [1.29, 1.82) is 0 Å². The lowest BCUT2D eigenvalue weighted by Crippen LogP contribution is -2.49. The van der Waals surface area contributed by atoms with Crippen LogP contribution in [0.4, 0.5) is 4.79 Å². The molecule has 1 rings (SSSR count). The molecule has 17 heavy (non-hydrogen) atoms. The van der Waals surface area contributed by atoms with Crippen molar-refractivity contribution in [2.24, 2.45) is 0 Å². The number of hydrogen-bond donors (Lipinski definition) is 2. The largest absolute Gasteiger partial charge is 0.396 e. The van der Waals surface area contributed by atoms with Crippen LogP contribution in [0.25, 0.3) is 0 Å². The highest BCUT2D eigenvalue weighted by atomic mass is 16.3. The van der Waals surface area contributed by atoms with E-state index < -0.39 is 0 Å². The Labute approximate surface area is 104 Å². The number of amides is 2. The summed E-state index contributed by atoms with van der Waals surface area (Å²) in [6.07, 6.45) is 5.92. The molecule has 1 saturated heterocycles. The molecular weight excluding hydrogens is 216 g/mol. The van der Waals surface area contributed by atoms with Gasteiger partial charge in [-0.1, -0.05) is 13.3 Å². The third-order valence-corrected chi connectivity index (χ3v) is 3.67. The maximum atomic E-state index is 12.1. The second-order valence-corrected chi connectivity index (χ2v) is 5.16. The van der Waals surface area contributed by atoms with Crippen LogP contribution in [0.1, 0.15) is 52.4 Å². The van der Waals surface area contributed by atoms with E-state index in [4.69, 9.17) is 5.11 Å². The highest BCUT2D eigenvalue weighted by Gasteiger charge is 2.38. The number of rotatable bonds is 6. The Bertz CT molecular complexity index is 246. The van der Waals surface area contributed by atoms with Crippen LogP contribution in [0.2, 0.25) is 0 Å². The van der Waals surface area contributed by atoms with Crippen LogP contribution >= 0.6 is 0 Å². The van der Waals surface area contributed by atoms with Gasteiger partial charge in [-0.15, -0.1) is 0 Å². The molecular formula is C13H26N2O2. The van der Waals surface area contributed by atoms with E-state index in [1.807, 2.05) is 4.90 Å². The van der Waals surface area contributed by atoms with Crippen molar-refractivity contribution in [3.8, 4) is 0 Å². The second kappa shape index (κ2) is 6.84. The van der Waals surface area contributed by atoms with Gasteiger partial charge in [-0.3, -0.25) is 0 Å². The monoisotopic (exact) mass is 242 g/mol. The Balaban J connectivity index is 2.46. The number of unbranched alkanes of at least 4 members (excludes halogenated alkanes) is 1. The number of likely N-dealkylation sites (tertiary alicyclic amines) is 1. The fraction of sp³-hybridized carbons (Fsp3) is 0.923. The van der Waals surface area contributed by atoms with Gasteiger partial charge in [0.2, 0.25) is 0 Å². The number of urea groups is 1. The van der Waals surface area contributed by atoms with Crippen LogP contribution in [0, 0.1) is 0 Å². The molecule has 1 aliphatic heterocycles. The molecule has 0 saturated carbocycles. The van der Waals surface area contributed by atoms with Crippen LogP contribution in [0.3, 0.4) is 0 Å². The van der Waals surface area contributed by atoms with Gasteiger partial charge in [0.15, 0.2) is 0 Å². The lowest BCUT2D eigenvalue weighted by molar-refractivity contribution is 0.141. The average molecular weight is 242 g/mol. The topological polar surface area (TPSA) is 52.6 Å². The zero-order valence-electron chi connectivity index (χ0n) is 11.2. The van der Waals surface area contributed by atoms with Gasteiger partial charge < -0.3 is 15.3 Å². The summed E-state index contributed by atoms with van der Waals surface area (Å²) in [5.74, 6) is 0. The highest BCUT2D eigenvalue weighted by Crippen LogP contribution is 2.32. The molecule has 1 fully saturated rings. The van der Waals surface area contributed by atoms with Gasteiger partial charge in [0.05, 0.1) is 0 Å². The minimum absolute atomic E-state index is 0.0565. The molecule has 2 amide bonds. The molecule has 0 aromatic rings. The first-order valence-electron chi connectivity index (χ1n) is 6.80. The number of carbonyl (C=O) groups excluding carboxylic acids is 1. The Kier molecular flexibility index (Phi) is 5.75. The van der Waals surface area contributed by atoms with Crippen LogP contribution in [0.5, 0.6) is 0 Å². The quantitative estimate of drug-likeness (QED) is 0.701. The maximum absolute atomic E-state index is 12.1. The van der Waals surface area contributed by atoms with E-state index in [1.165, 1.54) is 0 Å². The van der Waals surface area contributed by atoms with Crippen LogP contribution in [-0.4, -0.2) is 41.3 Å². The van der Waals surface area contributed by atoms with Gasteiger partial charge in [0.25, 0.3) is 0 Å². The Morgan fingerprint density at radius 1 is 1.47 bits per heavy atom. The van der Waals surface area contributed by atoms with Crippen LogP contribution in [-0.2, 0) is 0 Å². The minimum Gasteiger partial charge on any atom is -0.396 e. The molecule has 0 radical (unpaired) electrons. The Hall–Kier alpha value is -0.770. The summed E-state index contributed by atoms with van der Waals surface area (Å²) in [6, 6.07) is 0.0661. The summed E-state index contributed by atoms with van der Waals surface area (Å²) in [6.45, 7) is 6.07. The first kappa shape index (κ1) is 14.3. The second-order valence-electron chi connectivity index (χ2n) is 5.16. The van der Waals surface area contributed by atoms with Crippen molar-refractivity contribution in [3.05, 3.63) is 0 Å². The number of aliphatic hydroxyl groups is 1. The van der Waals surface area contributed by atoms with Crippen molar-refractivity contribution in [3.63, 3.8) is 0 Å². The fourth-order valence-electron chi connectivity index (χ4n) is 2.56. The third kappa shape index (κ3) is 3.87. The van der Waals surface area contributed by atoms with E-state index in [1.54, 1.807) is 0 Å². The summed E-state index contributed by atoms with van der Waals surface area (Å²) < 4.78 is 0. The maximum Gasteiger partial charge on any atom is 0.317 e. The van der Waals surface area contributed by atoms with Gasteiger partial charge in [-0.05, 0) is 39.0 Å². The standard InChI is InChI=1S/C13H26N2O2/c1-3-4-9-14-12(17)15-10-5-7-13(15,2)8-6-11-16/h16H,3-11H2,1-2H3,(H,14,17)/t13-/m1/s1.